The zero-order valence-corrected chi connectivity index (χ0v) is 13.2. The molecule has 1 atom stereocenters. The normalized spacial score (nSPS) is 12.1. The third-order valence-electron chi connectivity index (χ3n) is 3.73. The minimum atomic E-state index is -0.440. The molecule has 2 aromatic carbocycles. The van der Waals surface area contributed by atoms with E-state index in [1.165, 1.54) is 18.2 Å². The maximum atomic E-state index is 13.1. The molecule has 0 radical (unpaired) electrons. The molecule has 0 unspecified atom stereocenters. The van der Waals surface area contributed by atoms with E-state index in [0.29, 0.717) is 5.69 Å². The molecule has 3 rings (SSSR count). The van der Waals surface area contributed by atoms with Crippen molar-refractivity contribution in [1.82, 2.24) is 0 Å². The third kappa shape index (κ3) is 3.32. The first-order chi connectivity index (χ1) is 11.0. The van der Waals surface area contributed by atoms with E-state index in [4.69, 9.17) is 11.6 Å². The minimum Gasteiger partial charge on any atom is -0.319 e. The molecule has 0 spiro atoms. The Bertz CT molecular complexity index is 882. The highest BCUT2D eigenvalue weighted by molar-refractivity contribution is 6.33. The summed E-state index contributed by atoms with van der Waals surface area (Å²) in [7, 11) is 0. The molecule has 0 bridgehead atoms. The van der Waals surface area contributed by atoms with Gasteiger partial charge in [0.15, 0.2) is 12.4 Å². The second-order valence-corrected chi connectivity index (χ2v) is 5.72. The number of pyridine rings is 1. The van der Waals surface area contributed by atoms with Gasteiger partial charge in [0.2, 0.25) is 6.04 Å². The van der Waals surface area contributed by atoms with Crippen LogP contribution >= 0.6 is 11.6 Å². The zero-order chi connectivity index (χ0) is 16.4. The van der Waals surface area contributed by atoms with Crippen molar-refractivity contribution in [3.05, 3.63) is 71.8 Å². The van der Waals surface area contributed by atoms with Crippen LogP contribution in [0.2, 0.25) is 5.02 Å². The summed E-state index contributed by atoms with van der Waals surface area (Å²) in [6.07, 6.45) is 3.78. The molecule has 0 aliphatic heterocycles. The second-order valence-electron chi connectivity index (χ2n) is 5.31. The Morgan fingerprint density at radius 2 is 1.91 bits per heavy atom. The fraction of sp³-hybridized carbons (Fsp3) is 0.111. The van der Waals surface area contributed by atoms with Crippen molar-refractivity contribution >= 4 is 34.0 Å². The fourth-order valence-electron chi connectivity index (χ4n) is 2.35. The van der Waals surface area contributed by atoms with Crippen LogP contribution in [0.1, 0.15) is 13.0 Å². The first kappa shape index (κ1) is 15.4. The summed E-state index contributed by atoms with van der Waals surface area (Å²) in [6, 6.07) is 13.4. The lowest BCUT2D eigenvalue weighted by molar-refractivity contribution is -0.704. The summed E-state index contributed by atoms with van der Waals surface area (Å²) in [4.78, 5) is 12.4. The van der Waals surface area contributed by atoms with Gasteiger partial charge in [-0.15, -0.1) is 0 Å². The predicted molar refractivity (Wildman–Crippen MR) is 88.9 cm³/mol. The number of hydrogen-bond acceptors (Lipinski definition) is 1. The van der Waals surface area contributed by atoms with E-state index in [-0.39, 0.29) is 10.9 Å². The van der Waals surface area contributed by atoms with Crippen LogP contribution < -0.4 is 9.88 Å². The van der Waals surface area contributed by atoms with E-state index >= 15 is 0 Å². The molecule has 3 aromatic rings. The molecule has 1 aromatic heterocycles. The Hall–Kier alpha value is -2.46. The molecule has 1 amide bonds. The molecule has 0 saturated heterocycles. The van der Waals surface area contributed by atoms with E-state index < -0.39 is 11.9 Å². The number of nitrogens with zero attached hydrogens (tertiary/aromatic N) is 1. The number of carbonyl (C=O) groups excluding carboxylic acids is 1. The zero-order valence-electron chi connectivity index (χ0n) is 12.5. The number of anilines is 1. The Balaban J connectivity index is 1.83. The highest BCUT2D eigenvalue weighted by atomic mass is 35.5. The van der Waals surface area contributed by atoms with Gasteiger partial charge in [0.05, 0.1) is 10.7 Å². The predicted octanol–water partition coefficient (Wildman–Crippen LogP) is 4.12. The number of aromatic nitrogens is 1. The van der Waals surface area contributed by atoms with Gasteiger partial charge in [-0.25, -0.2) is 4.39 Å². The van der Waals surface area contributed by atoms with Crippen LogP contribution in [0.4, 0.5) is 10.1 Å². The van der Waals surface area contributed by atoms with Crippen molar-refractivity contribution in [1.29, 1.82) is 0 Å². The topological polar surface area (TPSA) is 33.0 Å². The van der Waals surface area contributed by atoms with Crippen LogP contribution in [-0.2, 0) is 4.79 Å². The quantitative estimate of drug-likeness (QED) is 0.720. The molecule has 23 heavy (non-hydrogen) atoms. The molecule has 0 aliphatic carbocycles. The van der Waals surface area contributed by atoms with Crippen molar-refractivity contribution in [2.45, 2.75) is 13.0 Å². The van der Waals surface area contributed by atoms with Gasteiger partial charge >= 0.3 is 0 Å². The summed E-state index contributed by atoms with van der Waals surface area (Å²) in [6.45, 7) is 1.79. The molecular weight excluding hydrogens is 315 g/mol. The molecule has 1 heterocycles. The summed E-state index contributed by atoms with van der Waals surface area (Å²) in [5.74, 6) is -0.663. The van der Waals surface area contributed by atoms with Crippen molar-refractivity contribution in [2.75, 3.05) is 5.32 Å². The monoisotopic (exact) mass is 329 g/mol. The maximum absolute atomic E-state index is 13.1. The van der Waals surface area contributed by atoms with Gasteiger partial charge in [-0.1, -0.05) is 29.8 Å². The van der Waals surface area contributed by atoms with Crippen LogP contribution in [0, 0.1) is 5.82 Å². The Labute approximate surface area is 138 Å². The lowest BCUT2D eigenvalue weighted by atomic mass is 10.1. The van der Waals surface area contributed by atoms with Crippen LogP contribution in [0.5, 0.6) is 0 Å². The molecule has 3 nitrogen and oxygen atoms in total. The molecule has 0 saturated carbocycles. The smallest absolute Gasteiger partial charge is 0.293 e. The Morgan fingerprint density at radius 3 is 2.65 bits per heavy atom. The Morgan fingerprint density at radius 1 is 1.17 bits per heavy atom. The van der Waals surface area contributed by atoms with Gasteiger partial charge in [-0.2, -0.15) is 4.57 Å². The molecule has 5 heteroatoms. The fourth-order valence-corrected chi connectivity index (χ4v) is 2.57. The van der Waals surface area contributed by atoms with Gasteiger partial charge in [0.1, 0.15) is 5.82 Å². The molecule has 1 N–H and O–H groups in total. The van der Waals surface area contributed by atoms with Crippen molar-refractivity contribution < 1.29 is 13.8 Å². The lowest BCUT2D eigenvalue weighted by Crippen LogP contribution is -2.44. The highest BCUT2D eigenvalue weighted by Crippen LogP contribution is 2.23. The average molecular weight is 330 g/mol. The number of amides is 1. The minimum absolute atomic E-state index is 0.175. The number of nitrogens with one attached hydrogen (secondary N) is 1. The van der Waals surface area contributed by atoms with E-state index in [9.17, 15) is 9.18 Å². The van der Waals surface area contributed by atoms with Crippen molar-refractivity contribution in [3.8, 4) is 0 Å². The van der Waals surface area contributed by atoms with Crippen LogP contribution in [0.15, 0.2) is 60.9 Å². The number of hydrogen-bond donors (Lipinski definition) is 1. The first-order valence-corrected chi connectivity index (χ1v) is 7.58. The summed E-state index contributed by atoms with van der Waals surface area (Å²) in [5.41, 5.74) is 0.395. The first-order valence-electron chi connectivity index (χ1n) is 7.20. The molecule has 0 fully saturated rings. The summed E-state index contributed by atoms with van der Waals surface area (Å²) < 4.78 is 14.9. The van der Waals surface area contributed by atoms with Crippen molar-refractivity contribution in [3.63, 3.8) is 0 Å². The van der Waals surface area contributed by atoms with E-state index in [2.05, 4.69) is 5.32 Å². The number of carbonyl (C=O) groups is 1. The average Bonchev–Trinajstić information content (AvgIpc) is 2.56. The van der Waals surface area contributed by atoms with Crippen LogP contribution in [-0.4, -0.2) is 5.91 Å². The van der Waals surface area contributed by atoms with Gasteiger partial charge in [0, 0.05) is 18.4 Å². The van der Waals surface area contributed by atoms with E-state index in [0.717, 1.165) is 10.8 Å². The number of fused-ring (bicyclic) bond motifs is 1. The highest BCUT2D eigenvalue weighted by Gasteiger charge is 2.23. The van der Waals surface area contributed by atoms with Crippen LogP contribution in [0.3, 0.4) is 0 Å². The molecular formula is C18H15ClFN2O+. The molecule has 0 aliphatic rings. The number of rotatable bonds is 3. The standard InChI is InChI=1S/C18H14ClFN2O/c1-12(18(23)21-17-7-6-15(20)10-16(17)19)22-9-8-13-4-2-3-5-14(13)11-22/h2-12H,1H3/p+1/t12-/m0/s1. The number of halogens is 2. The van der Waals surface area contributed by atoms with Gasteiger partial charge in [-0.05, 0) is 29.7 Å². The van der Waals surface area contributed by atoms with E-state index in [1.807, 2.05) is 47.3 Å². The van der Waals surface area contributed by atoms with Gasteiger partial charge < -0.3 is 5.32 Å². The Kier molecular flexibility index (Phi) is 4.26. The third-order valence-corrected chi connectivity index (χ3v) is 4.04. The summed E-state index contributed by atoms with van der Waals surface area (Å²) in [5, 5.41) is 5.06. The van der Waals surface area contributed by atoms with Crippen molar-refractivity contribution in [2.24, 2.45) is 0 Å². The van der Waals surface area contributed by atoms with Gasteiger partial charge in [0.25, 0.3) is 5.91 Å². The summed E-state index contributed by atoms with van der Waals surface area (Å²) >= 11 is 5.94. The largest absolute Gasteiger partial charge is 0.319 e. The second kappa shape index (κ2) is 6.34. The van der Waals surface area contributed by atoms with E-state index in [1.54, 1.807) is 6.92 Å². The lowest BCUT2D eigenvalue weighted by Gasteiger charge is -2.10. The maximum Gasteiger partial charge on any atom is 0.293 e. The van der Waals surface area contributed by atoms with Crippen LogP contribution in [0.25, 0.3) is 10.8 Å². The van der Waals surface area contributed by atoms with Gasteiger partial charge in [-0.3, -0.25) is 4.79 Å². The molecule has 116 valence electrons. The SMILES string of the molecule is C[C@@H](C(=O)Nc1ccc(F)cc1Cl)[n+]1ccc2ccccc2c1. The number of benzene rings is 2.